The zero-order valence-corrected chi connectivity index (χ0v) is 12.5. The second-order valence-electron chi connectivity index (χ2n) is 5.22. The minimum atomic E-state index is -4.46. The molecule has 2 heterocycles. The van der Waals surface area contributed by atoms with Gasteiger partial charge in [0, 0.05) is 18.7 Å². The van der Waals surface area contributed by atoms with Crippen LogP contribution in [0.5, 0.6) is 0 Å². The number of benzene rings is 1. The maximum Gasteiger partial charge on any atom is 0.426 e. The molecule has 1 saturated heterocycles. The lowest BCUT2D eigenvalue weighted by Gasteiger charge is -2.13. The van der Waals surface area contributed by atoms with Crippen molar-refractivity contribution in [2.24, 2.45) is 0 Å². The van der Waals surface area contributed by atoms with Crippen molar-refractivity contribution >= 4 is 17.2 Å². The Kier molecular flexibility index (Phi) is 3.95. The first-order valence-electron chi connectivity index (χ1n) is 7.02. The summed E-state index contributed by atoms with van der Waals surface area (Å²) in [4.78, 5) is 13.4. The van der Waals surface area contributed by atoms with Gasteiger partial charge in [-0.15, -0.1) is 11.3 Å². The van der Waals surface area contributed by atoms with E-state index in [9.17, 15) is 18.0 Å². The summed E-state index contributed by atoms with van der Waals surface area (Å²) in [7, 11) is 0. The summed E-state index contributed by atoms with van der Waals surface area (Å²) in [5, 5.41) is 0. The normalized spacial score (nSPS) is 15.3. The molecular weight excluding hydrogens is 311 g/mol. The van der Waals surface area contributed by atoms with Gasteiger partial charge in [-0.3, -0.25) is 4.79 Å². The monoisotopic (exact) mass is 325 g/mol. The van der Waals surface area contributed by atoms with E-state index in [1.54, 1.807) is 35.2 Å². The molecule has 0 atom stereocenters. The molecule has 1 aromatic heterocycles. The Bertz CT molecular complexity index is 672. The van der Waals surface area contributed by atoms with E-state index in [-0.39, 0.29) is 16.3 Å². The molecule has 22 heavy (non-hydrogen) atoms. The second-order valence-corrected chi connectivity index (χ2v) is 6.27. The van der Waals surface area contributed by atoms with Crippen LogP contribution in [0.1, 0.15) is 27.4 Å². The molecule has 0 aliphatic carbocycles. The van der Waals surface area contributed by atoms with E-state index >= 15 is 0 Å². The number of hydrogen-bond donors (Lipinski definition) is 0. The molecule has 1 aliphatic heterocycles. The predicted molar refractivity (Wildman–Crippen MR) is 79.9 cm³/mol. The lowest BCUT2D eigenvalue weighted by atomic mass is 10.1. The van der Waals surface area contributed by atoms with Crippen molar-refractivity contribution in [3.8, 4) is 11.1 Å². The number of amides is 1. The number of thiophene rings is 1. The Morgan fingerprint density at radius 1 is 1.09 bits per heavy atom. The first-order valence-corrected chi connectivity index (χ1v) is 7.84. The van der Waals surface area contributed by atoms with Gasteiger partial charge in [-0.25, -0.2) is 0 Å². The topological polar surface area (TPSA) is 20.3 Å². The van der Waals surface area contributed by atoms with Gasteiger partial charge in [0.2, 0.25) is 0 Å². The van der Waals surface area contributed by atoms with Gasteiger partial charge >= 0.3 is 6.18 Å². The molecular formula is C16H14F3NOS. The van der Waals surface area contributed by atoms with Gasteiger partial charge in [0.15, 0.2) is 0 Å². The van der Waals surface area contributed by atoms with E-state index in [2.05, 4.69) is 0 Å². The standard InChI is InChI=1S/C16H14F3NOS/c17-16(18,19)14-12(11-6-2-1-3-7-11)10-13(22-14)15(21)20-8-4-5-9-20/h1-3,6-7,10H,4-5,8-9H2. The molecule has 1 amide bonds. The smallest absolute Gasteiger partial charge is 0.338 e. The van der Waals surface area contributed by atoms with Crippen molar-refractivity contribution in [1.29, 1.82) is 0 Å². The molecule has 2 aromatic rings. The molecule has 0 radical (unpaired) electrons. The lowest BCUT2D eigenvalue weighted by Crippen LogP contribution is -2.26. The zero-order valence-electron chi connectivity index (χ0n) is 11.7. The Balaban J connectivity index is 2.03. The van der Waals surface area contributed by atoms with Crippen LogP contribution < -0.4 is 0 Å². The number of rotatable bonds is 2. The van der Waals surface area contributed by atoms with Crippen molar-refractivity contribution in [3.63, 3.8) is 0 Å². The van der Waals surface area contributed by atoms with Crippen LogP contribution in [0.3, 0.4) is 0 Å². The van der Waals surface area contributed by atoms with Gasteiger partial charge < -0.3 is 4.90 Å². The highest BCUT2D eigenvalue weighted by atomic mass is 32.1. The number of halogens is 3. The van der Waals surface area contributed by atoms with Crippen molar-refractivity contribution in [2.75, 3.05) is 13.1 Å². The maximum absolute atomic E-state index is 13.3. The summed E-state index contributed by atoms with van der Waals surface area (Å²) in [6.45, 7) is 1.25. The SMILES string of the molecule is O=C(c1cc(-c2ccccc2)c(C(F)(F)F)s1)N1CCCC1. The van der Waals surface area contributed by atoms with Crippen molar-refractivity contribution in [1.82, 2.24) is 4.90 Å². The van der Waals surface area contributed by atoms with Crippen molar-refractivity contribution < 1.29 is 18.0 Å². The fraction of sp³-hybridized carbons (Fsp3) is 0.312. The number of likely N-dealkylation sites (tertiary alicyclic amines) is 1. The van der Waals surface area contributed by atoms with E-state index in [1.807, 2.05) is 0 Å². The molecule has 0 spiro atoms. The van der Waals surface area contributed by atoms with Gasteiger partial charge in [-0.05, 0) is 24.5 Å². The number of carbonyl (C=O) groups excluding carboxylic acids is 1. The van der Waals surface area contributed by atoms with Crippen LogP contribution in [0, 0.1) is 0 Å². The van der Waals surface area contributed by atoms with E-state index in [0.29, 0.717) is 30.0 Å². The van der Waals surface area contributed by atoms with Crippen LogP contribution in [0.4, 0.5) is 13.2 Å². The summed E-state index contributed by atoms with van der Waals surface area (Å²) in [6, 6.07) is 9.76. The first-order chi connectivity index (χ1) is 10.5. The van der Waals surface area contributed by atoms with E-state index in [4.69, 9.17) is 0 Å². The Morgan fingerprint density at radius 3 is 2.32 bits per heavy atom. The van der Waals surface area contributed by atoms with E-state index in [0.717, 1.165) is 12.8 Å². The third-order valence-electron chi connectivity index (χ3n) is 3.68. The van der Waals surface area contributed by atoms with Crippen LogP contribution in [-0.4, -0.2) is 23.9 Å². The summed E-state index contributed by atoms with van der Waals surface area (Å²) in [5.74, 6) is -0.296. The summed E-state index contributed by atoms with van der Waals surface area (Å²) < 4.78 is 39.8. The minimum Gasteiger partial charge on any atom is -0.338 e. The van der Waals surface area contributed by atoms with Gasteiger partial charge in [0.1, 0.15) is 4.88 Å². The average molecular weight is 325 g/mol. The van der Waals surface area contributed by atoms with Crippen molar-refractivity contribution in [2.45, 2.75) is 19.0 Å². The summed E-state index contributed by atoms with van der Waals surface area (Å²) >= 11 is 0.540. The number of carbonyl (C=O) groups is 1. The fourth-order valence-electron chi connectivity index (χ4n) is 2.62. The third-order valence-corrected chi connectivity index (χ3v) is 4.85. The van der Waals surface area contributed by atoms with Crippen LogP contribution in [-0.2, 0) is 6.18 Å². The van der Waals surface area contributed by atoms with Gasteiger partial charge in [-0.2, -0.15) is 13.2 Å². The Labute approximate surface area is 130 Å². The van der Waals surface area contributed by atoms with Crippen LogP contribution >= 0.6 is 11.3 Å². The quantitative estimate of drug-likeness (QED) is 0.786. The molecule has 6 heteroatoms. The van der Waals surface area contributed by atoms with Crippen LogP contribution in [0.2, 0.25) is 0 Å². The average Bonchev–Trinajstić information content (AvgIpc) is 3.16. The fourth-order valence-corrected chi connectivity index (χ4v) is 3.63. The maximum atomic E-state index is 13.3. The number of hydrogen-bond acceptors (Lipinski definition) is 2. The first kappa shape index (κ1) is 15.1. The predicted octanol–water partition coefficient (Wildman–Crippen LogP) is 4.67. The lowest BCUT2D eigenvalue weighted by molar-refractivity contribution is -0.133. The van der Waals surface area contributed by atoms with Gasteiger partial charge in [0.05, 0.1) is 4.88 Å². The molecule has 0 saturated carbocycles. The highest BCUT2D eigenvalue weighted by molar-refractivity contribution is 7.14. The molecule has 2 nitrogen and oxygen atoms in total. The van der Waals surface area contributed by atoms with E-state index in [1.165, 1.54) is 6.07 Å². The minimum absolute atomic E-state index is 0.0839. The highest BCUT2D eigenvalue weighted by Crippen LogP contribution is 2.43. The number of nitrogens with zero attached hydrogens (tertiary/aromatic N) is 1. The van der Waals surface area contributed by atoms with Gasteiger partial charge in [0.25, 0.3) is 5.91 Å². The van der Waals surface area contributed by atoms with Crippen LogP contribution in [0.15, 0.2) is 36.4 Å². The Morgan fingerprint density at radius 2 is 1.73 bits per heavy atom. The molecule has 1 fully saturated rings. The molecule has 1 aliphatic rings. The molecule has 3 rings (SSSR count). The number of alkyl halides is 3. The highest BCUT2D eigenvalue weighted by Gasteiger charge is 2.37. The summed E-state index contributed by atoms with van der Waals surface area (Å²) in [5.41, 5.74) is 0.562. The van der Waals surface area contributed by atoms with E-state index < -0.39 is 11.1 Å². The molecule has 1 aromatic carbocycles. The second kappa shape index (κ2) is 5.76. The molecule has 116 valence electrons. The summed E-state index contributed by atoms with van der Waals surface area (Å²) in [6.07, 6.45) is -2.64. The zero-order chi connectivity index (χ0) is 15.7. The third kappa shape index (κ3) is 2.88. The molecule has 0 bridgehead atoms. The molecule has 0 unspecified atom stereocenters. The van der Waals surface area contributed by atoms with Crippen LogP contribution in [0.25, 0.3) is 11.1 Å². The largest absolute Gasteiger partial charge is 0.426 e. The van der Waals surface area contributed by atoms with Crippen molar-refractivity contribution in [3.05, 3.63) is 46.2 Å². The molecule has 0 N–H and O–H groups in total. The Hall–Kier alpha value is -1.82. The van der Waals surface area contributed by atoms with Gasteiger partial charge in [-0.1, -0.05) is 30.3 Å².